The van der Waals surface area contributed by atoms with Crippen LogP contribution in [0.1, 0.15) is 61.1 Å². The molecule has 2 atom stereocenters. The van der Waals surface area contributed by atoms with Crippen molar-refractivity contribution in [2.45, 2.75) is 31.5 Å². The van der Waals surface area contributed by atoms with Crippen LogP contribution in [-0.4, -0.2) is 165 Å². The van der Waals surface area contributed by atoms with Crippen molar-refractivity contribution in [2.75, 3.05) is 102 Å². The minimum Gasteiger partial charge on any atom is -0.483 e. The second-order valence-electron chi connectivity index (χ2n) is 18.2. The predicted molar refractivity (Wildman–Crippen MR) is 277 cm³/mol. The van der Waals surface area contributed by atoms with E-state index >= 15 is 0 Å². The summed E-state index contributed by atoms with van der Waals surface area (Å²) in [6, 6.07) is 25.9. The third-order valence-electron chi connectivity index (χ3n) is 13.3. The quantitative estimate of drug-likeness (QED) is 0.0513. The first kappa shape index (κ1) is 53.0. The second kappa shape index (κ2) is 25.1. The Hall–Kier alpha value is -7.89. The first-order chi connectivity index (χ1) is 37.0. The van der Waals surface area contributed by atoms with E-state index in [0.29, 0.717) is 56.8 Å². The Morgan fingerprint density at radius 1 is 0.724 bits per heavy atom. The van der Waals surface area contributed by atoms with Gasteiger partial charge < -0.3 is 39.4 Å². The van der Waals surface area contributed by atoms with Gasteiger partial charge >= 0.3 is 0 Å². The first-order valence-corrected chi connectivity index (χ1v) is 25.9. The molecule has 5 heterocycles. The van der Waals surface area contributed by atoms with E-state index in [-0.39, 0.29) is 67.2 Å². The molecule has 396 valence electrons. The van der Waals surface area contributed by atoms with Crippen molar-refractivity contribution in [3.05, 3.63) is 130 Å². The summed E-state index contributed by atoms with van der Waals surface area (Å²) >= 11 is 1.32. The molecule has 76 heavy (non-hydrogen) atoms. The van der Waals surface area contributed by atoms with E-state index in [9.17, 15) is 38.4 Å². The summed E-state index contributed by atoms with van der Waals surface area (Å²) in [5, 5.41) is 12.9. The zero-order valence-electron chi connectivity index (χ0n) is 41.5. The molecule has 4 aliphatic rings. The van der Waals surface area contributed by atoms with Crippen LogP contribution in [0.2, 0.25) is 0 Å². The Balaban J connectivity index is 0.599. The van der Waals surface area contributed by atoms with Gasteiger partial charge in [-0.1, -0.05) is 60.7 Å². The lowest BCUT2D eigenvalue weighted by molar-refractivity contribution is -0.136. The molecular formula is C54H57N9O12S. The number of ether oxygens (including phenoxy) is 4. The summed E-state index contributed by atoms with van der Waals surface area (Å²) in [4.78, 5) is 114. The zero-order valence-corrected chi connectivity index (χ0v) is 42.4. The average molecular weight is 1060 g/mol. The number of nitrogens with one attached hydrogen (secondary N) is 4. The molecule has 0 radical (unpaired) electrons. The highest BCUT2D eigenvalue weighted by Gasteiger charge is 2.46. The fourth-order valence-corrected chi connectivity index (χ4v) is 9.96. The number of hydrogen-bond donors (Lipinski definition) is 4. The molecule has 0 aliphatic carbocycles. The molecule has 4 aromatic carbocycles. The van der Waals surface area contributed by atoms with Crippen molar-refractivity contribution in [1.29, 1.82) is 0 Å². The van der Waals surface area contributed by atoms with E-state index in [1.807, 2.05) is 48.5 Å². The van der Waals surface area contributed by atoms with E-state index in [2.05, 4.69) is 60.3 Å². The maximum absolute atomic E-state index is 14.0. The number of piperidine rings is 1. The van der Waals surface area contributed by atoms with Gasteiger partial charge in [-0.05, 0) is 59.0 Å². The van der Waals surface area contributed by atoms with Crippen LogP contribution in [0, 0.1) is 0 Å². The summed E-state index contributed by atoms with van der Waals surface area (Å²) in [5.41, 5.74) is 5.13. The third kappa shape index (κ3) is 12.8. The molecule has 9 rings (SSSR count). The fraction of sp³-hybridized carbons (Fsp3) is 0.352. The first-order valence-electron chi connectivity index (χ1n) is 25.0. The molecule has 1 aromatic heterocycles. The van der Waals surface area contributed by atoms with E-state index in [4.69, 9.17) is 18.9 Å². The molecule has 0 spiro atoms. The molecule has 2 unspecified atom stereocenters. The van der Waals surface area contributed by atoms with Gasteiger partial charge in [-0.25, -0.2) is 4.98 Å². The van der Waals surface area contributed by atoms with Gasteiger partial charge in [0.05, 0.1) is 57.3 Å². The van der Waals surface area contributed by atoms with Gasteiger partial charge in [0.2, 0.25) is 17.7 Å². The summed E-state index contributed by atoms with van der Waals surface area (Å²) in [5.74, 6) is -3.62. The van der Waals surface area contributed by atoms with Gasteiger partial charge in [0.15, 0.2) is 11.7 Å². The van der Waals surface area contributed by atoms with E-state index in [0.717, 1.165) is 59.0 Å². The normalized spacial score (nSPS) is 16.8. The highest BCUT2D eigenvalue weighted by atomic mass is 32.1. The van der Waals surface area contributed by atoms with Crippen molar-refractivity contribution in [3.8, 4) is 16.9 Å². The van der Waals surface area contributed by atoms with Crippen LogP contribution in [0.3, 0.4) is 0 Å². The monoisotopic (exact) mass is 1060 g/mol. The molecule has 4 N–H and O–H groups in total. The van der Waals surface area contributed by atoms with Crippen LogP contribution in [0.4, 0.5) is 10.8 Å². The molecule has 22 heteroatoms. The number of carbonyl (C=O) groups is 8. The lowest BCUT2D eigenvalue weighted by atomic mass is 10.00. The van der Waals surface area contributed by atoms with E-state index < -0.39 is 48.2 Å². The highest BCUT2D eigenvalue weighted by Crippen LogP contribution is 2.36. The van der Waals surface area contributed by atoms with E-state index in [1.54, 1.807) is 16.5 Å². The van der Waals surface area contributed by atoms with Crippen molar-refractivity contribution >= 4 is 69.4 Å². The molecule has 5 aromatic rings. The number of amides is 8. The van der Waals surface area contributed by atoms with Gasteiger partial charge in [-0.2, -0.15) is 0 Å². The number of hydrogen-bond acceptors (Lipinski definition) is 16. The number of nitrogens with zero attached hydrogens (tertiary/aromatic N) is 5. The number of benzene rings is 4. The molecule has 2 fully saturated rings. The average Bonchev–Trinajstić information content (AvgIpc) is 4.13. The van der Waals surface area contributed by atoms with Crippen LogP contribution < -0.4 is 30.9 Å². The minimum atomic E-state index is -1.11. The van der Waals surface area contributed by atoms with Crippen LogP contribution in [0.5, 0.6) is 5.75 Å². The van der Waals surface area contributed by atoms with Crippen LogP contribution in [-0.2, 0) is 44.7 Å². The smallest absolute Gasteiger partial charge is 0.266 e. The Labute approximate surface area is 441 Å². The van der Waals surface area contributed by atoms with Gasteiger partial charge in [0, 0.05) is 75.1 Å². The standard InChI is InChI=1S/C54H57N9O12S/c64-44-16-15-42(49(67)58-44)63-52(70)40-7-4-8-43(47(40)53(63)71)75-34-46(66)56-18-25-73-27-29-74-28-26-72-24-17-55-45(65)33-60-20-22-61(23-21-60)39-13-11-35(12-14-39)37-9-10-38-32-62(51(69)41(38)31-37)48(36-5-2-1-3-6-36)50(68)59-54-57-19-30-76-54/h1-14,19,30-31,42,48H,15-18,20-29,32-34H2,(H,55,65)(H,56,66)(H,57,59,68)(H,58,64,67). The van der Waals surface area contributed by atoms with Gasteiger partial charge in [-0.3, -0.25) is 58.8 Å². The lowest BCUT2D eigenvalue weighted by Crippen LogP contribution is -2.54. The third-order valence-corrected chi connectivity index (χ3v) is 13.9. The van der Waals surface area contributed by atoms with Crippen LogP contribution in [0.25, 0.3) is 11.1 Å². The Morgan fingerprint density at radius 2 is 1.42 bits per heavy atom. The lowest BCUT2D eigenvalue weighted by Gasteiger charge is -2.35. The second-order valence-corrected chi connectivity index (χ2v) is 19.1. The minimum absolute atomic E-state index is 0.000719. The van der Waals surface area contributed by atoms with Gasteiger partial charge in [-0.15, -0.1) is 11.3 Å². The van der Waals surface area contributed by atoms with Crippen molar-refractivity contribution < 1.29 is 57.3 Å². The number of carbonyl (C=O) groups excluding carboxylic acids is 8. The molecule has 2 saturated heterocycles. The van der Waals surface area contributed by atoms with Crippen LogP contribution in [0.15, 0.2) is 103 Å². The fourth-order valence-electron chi connectivity index (χ4n) is 9.43. The topological polar surface area (TPSA) is 247 Å². The van der Waals surface area contributed by atoms with Crippen molar-refractivity contribution in [3.63, 3.8) is 0 Å². The van der Waals surface area contributed by atoms with E-state index in [1.165, 1.54) is 29.5 Å². The number of rotatable bonds is 24. The number of imide groups is 2. The van der Waals surface area contributed by atoms with Crippen LogP contribution >= 0.6 is 11.3 Å². The largest absolute Gasteiger partial charge is 0.483 e. The van der Waals surface area contributed by atoms with Crippen molar-refractivity contribution in [1.82, 2.24) is 35.6 Å². The maximum atomic E-state index is 14.0. The number of piperazine rings is 1. The Bertz CT molecular complexity index is 2930. The maximum Gasteiger partial charge on any atom is 0.266 e. The summed E-state index contributed by atoms with van der Waals surface area (Å²) in [6.45, 7) is 5.55. The molecule has 8 amide bonds. The Morgan fingerprint density at radius 3 is 2.12 bits per heavy atom. The van der Waals surface area contributed by atoms with Crippen molar-refractivity contribution in [2.24, 2.45) is 0 Å². The summed E-state index contributed by atoms with van der Waals surface area (Å²) in [7, 11) is 0. The van der Waals surface area contributed by atoms with Gasteiger partial charge in [0.25, 0.3) is 29.5 Å². The molecule has 0 bridgehead atoms. The summed E-state index contributed by atoms with van der Waals surface area (Å²) in [6.07, 6.45) is 1.65. The predicted octanol–water partition coefficient (Wildman–Crippen LogP) is 3.03. The number of anilines is 2. The summed E-state index contributed by atoms with van der Waals surface area (Å²) < 4.78 is 22.2. The zero-order chi connectivity index (χ0) is 53.0. The number of fused-ring (bicyclic) bond motifs is 2. The molecular weight excluding hydrogens is 999 g/mol. The molecule has 21 nitrogen and oxygen atoms in total. The number of aromatic nitrogens is 1. The van der Waals surface area contributed by atoms with Gasteiger partial charge in [0.1, 0.15) is 17.8 Å². The Kier molecular flexibility index (Phi) is 17.5. The SMILES string of the molecule is O=C(COc1cccc2c1C(=O)N(C1CCC(=O)NC1=O)C2=O)NCCOCCOCCOCCNC(=O)CN1CCN(c2ccc(-c3ccc4c(c3)C(=O)N(C(C(=O)Nc3nccs3)c3ccccc3)C4)cc2)CC1. The molecule has 0 saturated carbocycles. The molecule has 4 aliphatic heterocycles. The highest BCUT2D eigenvalue weighted by molar-refractivity contribution is 7.13. The number of thiazole rings is 1.